The minimum absolute atomic E-state index is 0.229. The van der Waals surface area contributed by atoms with Crippen LogP contribution in [0.4, 0.5) is 5.82 Å². The number of nitrogens with two attached hydrogens (primary N) is 2. The van der Waals surface area contributed by atoms with Gasteiger partial charge in [-0.3, -0.25) is 9.88 Å². The molecule has 8 nitrogen and oxygen atoms in total. The van der Waals surface area contributed by atoms with E-state index in [-0.39, 0.29) is 6.04 Å². The van der Waals surface area contributed by atoms with Crippen molar-refractivity contribution in [3.05, 3.63) is 120 Å². The topological polar surface area (TPSA) is 110 Å². The quantitative estimate of drug-likeness (QED) is 0.230. The molecule has 1 aromatic carbocycles. The standard InChI is InChI=1S/C32H38N8/c1-2-39(22-25-13-15-35-16-14-25)17-7-6-10-28-19-29(31-32(34)37-23-38-40(28)31)26-11-12-27(30(33)18-26)21-36-20-24-8-4-3-5-9-24/h3-5,8-9,11-16,18-19,21,23,30,36H,2,6-7,10,17,20,22,33H2,1H3,(H2,34,37,38)/b27-21-. The highest BCUT2D eigenvalue weighted by Gasteiger charge is 2.19. The van der Waals surface area contributed by atoms with E-state index in [4.69, 9.17) is 11.5 Å². The first-order valence-electron chi connectivity index (χ1n) is 14.0. The van der Waals surface area contributed by atoms with Crippen molar-refractivity contribution in [1.29, 1.82) is 0 Å². The number of unbranched alkanes of at least 4 members (excludes halogenated alkanes) is 1. The Morgan fingerprint density at radius 2 is 1.88 bits per heavy atom. The largest absolute Gasteiger partial charge is 0.387 e. The molecule has 3 aromatic heterocycles. The van der Waals surface area contributed by atoms with Gasteiger partial charge in [0.1, 0.15) is 11.8 Å². The SMILES string of the molecule is CCN(CCCCc1cc(C2=CC(N)/C(=C\NCc3ccccc3)C=C2)c2c(N)ncnn12)Cc1ccncc1. The smallest absolute Gasteiger partial charge is 0.151 e. The van der Waals surface area contributed by atoms with Crippen LogP contribution in [0, 0.1) is 0 Å². The van der Waals surface area contributed by atoms with Gasteiger partial charge in [-0.05, 0) is 72.8 Å². The number of nitrogens with one attached hydrogen (secondary N) is 1. The van der Waals surface area contributed by atoms with Crippen molar-refractivity contribution < 1.29 is 0 Å². The van der Waals surface area contributed by atoms with E-state index in [1.165, 1.54) is 17.5 Å². The lowest BCUT2D eigenvalue weighted by Gasteiger charge is -2.20. The minimum Gasteiger partial charge on any atom is -0.387 e. The van der Waals surface area contributed by atoms with E-state index in [0.29, 0.717) is 5.82 Å². The van der Waals surface area contributed by atoms with Crippen LogP contribution in [-0.4, -0.2) is 43.6 Å². The maximum atomic E-state index is 6.56. The number of fused-ring (bicyclic) bond motifs is 1. The first-order chi connectivity index (χ1) is 19.6. The van der Waals surface area contributed by atoms with Crippen LogP contribution in [-0.2, 0) is 19.5 Å². The van der Waals surface area contributed by atoms with E-state index in [2.05, 4.69) is 80.8 Å². The number of nitrogens with zero attached hydrogens (tertiary/aromatic N) is 5. The summed E-state index contributed by atoms with van der Waals surface area (Å²) in [6.45, 7) is 5.97. The van der Waals surface area contributed by atoms with Crippen molar-refractivity contribution in [3.8, 4) is 0 Å². The molecule has 1 atom stereocenters. The van der Waals surface area contributed by atoms with E-state index in [9.17, 15) is 0 Å². The number of anilines is 1. The normalized spacial score (nSPS) is 16.1. The number of nitrogen functional groups attached to an aromatic ring is 1. The van der Waals surface area contributed by atoms with Crippen molar-refractivity contribution in [1.82, 2.24) is 29.8 Å². The van der Waals surface area contributed by atoms with Gasteiger partial charge in [0, 0.05) is 42.9 Å². The van der Waals surface area contributed by atoms with Crippen LogP contribution in [0.5, 0.6) is 0 Å². The van der Waals surface area contributed by atoms with Gasteiger partial charge in [-0.25, -0.2) is 9.50 Å². The van der Waals surface area contributed by atoms with Crippen LogP contribution in [0.25, 0.3) is 11.1 Å². The molecule has 4 aromatic rings. The predicted octanol–water partition coefficient (Wildman–Crippen LogP) is 4.51. The fourth-order valence-electron chi connectivity index (χ4n) is 5.12. The molecule has 0 aliphatic heterocycles. The lowest BCUT2D eigenvalue weighted by molar-refractivity contribution is 0.273. The van der Waals surface area contributed by atoms with E-state index in [0.717, 1.165) is 73.4 Å². The Morgan fingerprint density at radius 1 is 1.05 bits per heavy atom. The van der Waals surface area contributed by atoms with Crippen LogP contribution in [0.15, 0.2) is 97.3 Å². The van der Waals surface area contributed by atoms with Crippen LogP contribution < -0.4 is 16.8 Å². The second-order valence-electron chi connectivity index (χ2n) is 10.1. The van der Waals surface area contributed by atoms with E-state index >= 15 is 0 Å². The van der Waals surface area contributed by atoms with Crippen LogP contribution in [0.3, 0.4) is 0 Å². The van der Waals surface area contributed by atoms with E-state index in [1.54, 1.807) is 0 Å². The average Bonchev–Trinajstić information content (AvgIpc) is 3.36. The second-order valence-corrected chi connectivity index (χ2v) is 10.1. The number of hydrogen-bond donors (Lipinski definition) is 3. The molecule has 0 bridgehead atoms. The fourth-order valence-corrected chi connectivity index (χ4v) is 5.12. The summed E-state index contributed by atoms with van der Waals surface area (Å²) >= 11 is 0. The summed E-state index contributed by atoms with van der Waals surface area (Å²) in [5.74, 6) is 0.472. The summed E-state index contributed by atoms with van der Waals surface area (Å²) in [5, 5.41) is 7.93. The van der Waals surface area contributed by atoms with Gasteiger partial charge in [-0.2, -0.15) is 5.10 Å². The zero-order valence-electron chi connectivity index (χ0n) is 23.1. The van der Waals surface area contributed by atoms with Crippen molar-refractivity contribution in [2.45, 2.75) is 45.3 Å². The summed E-state index contributed by atoms with van der Waals surface area (Å²) < 4.78 is 1.94. The molecule has 1 aliphatic rings. The first kappa shape index (κ1) is 27.3. The molecule has 3 heterocycles. The molecular formula is C32H38N8. The van der Waals surface area contributed by atoms with Crippen LogP contribution in [0.2, 0.25) is 0 Å². The molecular weight excluding hydrogens is 496 g/mol. The Bertz CT molecular complexity index is 1490. The van der Waals surface area contributed by atoms with Gasteiger partial charge >= 0.3 is 0 Å². The molecule has 0 radical (unpaired) electrons. The predicted molar refractivity (Wildman–Crippen MR) is 162 cm³/mol. The highest BCUT2D eigenvalue weighted by Crippen LogP contribution is 2.31. The maximum absolute atomic E-state index is 6.56. The molecule has 0 saturated heterocycles. The molecule has 1 aliphatic carbocycles. The highest BCUT2D eigenvalue weighted by atomic mass is 15.3. The van der Waals surface area contributed by atoms with Gasteiger partial charge in [0.05, 0.1) is 6.04 Å². The summed E-state index contributed by atoms with van der Waals surface area (Å²) in [5.41, 5.74) is 20.5. The molecule has 0 amide bonds. The van der Waals surface area contributed by atoms with Gasteiger partial charge in [0.15, 0.2) is 5.82 Å². The Morgan fingerprint density at radius 3 is 2.65 bits per heavy atom. The van der Waals surface area contributed by atoms with Gasteiger partial charge in [0.2, 0.25) is 0 Å². The molecule has 0 spiro atoms. The number of rotatable bonds is 12. The lowest BCUT2D eigenvalue weighted by atomic mass is 9.94. The molecule has 0 saturated carbocycles. The van der Waals surface area contributed by atoms with Crippen molar-refractivity contribution >= 4 is 16.9 Å². The third-order valence-electron chi connectivity index (χ3n) is 7.34. The molecule has 5 N–H and O–H groups in total. The van der Waals surface area contributed by atoms with Crippen molar-refractivity contribution in [3.63, 3.8) is 0 Å². The van der Waals surface area contributed by atoms with Gasteiger partial charge in [-0.15, -0.1) is 0 Å². The van der Waals surface area contributed by atoms with Crippen LogP contribution >= 0.6 is 0 Å². The van der Waals surface area contributed by atoms with E-state index in [1.807, 2.05) is 41.3 Å². The number of allylic oxidation sites excluding steroid dienone is 2. The van der Waals surface area contributed by atoms with Crippen LogP contribution in [0.1, 0.15) is 42.1 Å². The highest BCUT2D eigenvalue weighted by molar-refractivity contribution is 5.90. The Labute approximate surface area is 236 Å². The first-order valence-corrected chi connectivity index (χ1v) is 14.0. The molecule has 206 valence electrons. The average molecular weight is 535 g/mol. The molecule has 5 rings (SSSR count). The van der Waals surface area contributed by atoms with E-state index < -0.39 is 0 Å². The summed E-state index contributed by atoms with van der Waals surface area (Å²) in [4.78, 5) is 10.9. The Hall–Kier alpha value is -4.27. The van der Waals surface area contributed by atoms with Gasteiger partial charge in [0.25, 0.3) is 0 Å². The van der Waals surface area contributed by atoms with Crippen molar-refractivity contribution in [2.24, 2.45) is 5.73 Å². The molecule has 0 fully saturated rings. The summed E-state index contributed by atoms with van der Waals surface area (Å²) in [6.07, 6.45) is 16.5. The molecule has 8 heteroatoms. The number of pyridine rings is 1. The maximum Gasteiger partial charge on any atom is 0.151 e. The summed E-state index contributed by atoms with van der Waals surface area (Å²) in [7, 11) is 0. The molecule has 40 heavy (non-hydrogen) atoms. The third-order valence-corrected chi connectivity index (χ3v) is 7.34. The Balaban J connectivity index is 1.24. The fraction of sp³-hybridized carbons (Fsp3) is 0.281. The second kappa shape index (κ2) is 13.2. The Kier molecular flexibility index (Phi) is 9.00. The number of aromatic nitrogens is 4. The zero-order valence-corrected chi connectivity index (χ0v) is 23.1. The number of aryl methyl sites for hydroxylation is 1. The number of hydrogen-bond acceptors (Lipinski definition) is 7. The minimum atomic E-state index is -0.229. The van der Waals surface area contributed by atoms with Crippen molar-refractivity contribution in [2.75, 3.05) is 18.8 Å². The van der Waals surface area contributed by atoms with Gasteiger partial charge < -0.3 is 16.8 Å². The molecule has 1 unspecified atom stereocenters. The zero-order chi connectivity index (χ0) is 27.7. The lowest BCUT2D eigenvalue weighted by Crippen LogP contribution is -2.24. The number of benzene rings is 1. The van der Waals surface area contributed by atoms with Gasteiger partial charge in [-0.1, -0.05) is 55.5 Å². The third kappa shape index (κ3) is 6.65. The monoisotopic (exact) mass is 534 g/mol. The summed E-state index contributed by atoms with van der Waals surface area (Å²) in [6, 6.07) is 16.4.